The van der Waals surface area contributed by atoms with Crippen molar-refractivity contribution in [2.45, 2.75) is 58.4 Å². The minimum atomic E-state index is -0.615. The highest BCUT2D eigenvalue weighted by molar-refractivity contribution is 7.99. The number of halogens is 1. The Balaban J connectivity index is 1.96. The predicted molar refractivity (Wildman–Crippen MR) is 117 cm³/mol. The van der Waals surface area contributed by atoms with E-state index < -0.39 is 17.7 Å². The number of ether oxygens (including phenoxy) is 1. The summed E-state index contributed by atoms with van der Waals surface area (Å²) in [7, 11) is 0. The van der Waals surface area contributed by atoms with Crippen molar-refractivity contribution in [2.75, 3.05) is 11.1 Å². The number of nitrogens with zero attached hydrogens (tertiary/aromatic N) is 2. The number of anilines is 1. The van der Waals surface area contributed by atoms with E-state index in [9.17, 15) is 9.59 Å². The summed E-state index contributed by atoms with van der Waals surface area (Å²) in [6.07, 6.45) is -0.565. The van der Waals surface area contributed by atoms with Gasteiger partial charge >= 0.3 is 6.09 Å². The molecule has 0 bridgehead atoms. The Hall–Kier alpha value is -2.26. The second kappa shape index (κ2) is 10.2. The number of aromatic nitrogens is 2. The minimum Gasteiger partial charge on any atom is -0.444 e. The molecule has 0 fully saturated rings. The maximum absolute atomic E-state index is 12.2. The molecule has 2 amide bonds. The second-order valence-electron chi connectivity index (χ2n) is 8.02. The van der Waals surface area contributed by atoms with Crippen LogP contribution in [0.3, 0.4) is 0 Å². The number of amides is 2. The number of hydrogen-bond acceptors (Lipinski definition) is 7. The van der Waals surface area contributed by atoms with Crippen LogP contribution in [0.2, 0.25) is 5.02 Å². The van der Waals surface area contributed by atoms with Gasteiger partial charge in [-0.25, -0.2) is 4.79 Å². The summed E-state index contributed by atoms with van der Waals surface area (Å²) >= 11 is 7.18. The molecule has 8 nitrogen and oxygen atoms in total. The van der Waals surface area contributed by atoms with Crippen molar-refractivity contribution in [3.63, 3.8) is 0 Å². The van der Waals surface area contributed by atoms with Crippen LogP contribution in [0.4, 0.5) is 10.5 Å². The van der Waals surface area contributed by atoms with Crippen LogP contribution < -0.4 is 10.6 Å². The van der Waals surface area contributed by atoms with Gasteiger partial charge in [0.25, 0.3) is 5.22 Å². The Morgan fingerprint density at radius 3 is 2.60 bits per heavy atom. The van der Waals surface area contributed by atoms with Crippen LogP contribution in [0.1, 0.15) is 52.1 Å². The van der Waals surface area contributed by atoms with Gasteiger partial charge in [0.1, 0.15) is 11.6 Å². The van der Waals surface area contributed by atoms with Crippen molar-refractivity contribution in [3.8, 4) is 0 Å². The quantitative estimate of drug-likeness (QED) is 0.568. The van der Waals surface area contributed by atoms with Crippen LogP contribution in [-0.4, -0.2) is 33.6 Å². The van der Waals surface area contributed by atoms with Crippen LogP contribution in [0.25, 0.3) is 0 Å². The van der Waals surface area contributed by atoms with E-state index in [0.29, 0.717) is 10.7 Å². The average molecular weight is 455 g/mol. The maximum atomic E-state index is 12.2. The highest BCUT2D eigenvalue weighted by Gasteiger charge is 2.27. The first kappa shape index (κ1) is 24.0. The molecule has 0 saturated carbocycles. The third kappa shape index (κ3) is 7.21. The van der Waals surface area contributed by atoms with Crippen LogP contribution in [0, 0.1) is 12.8 Å². The fourth-order valence-electron chi connectivity index (χ4n) is 2.41. The van der Waals surface area contributed by atoms with E-state index in [4.69, 9.17) is 20.8 Å². The van der Waals surface area contributed by atoms with Crippen LogP contribution >= 0.6 is 23.4 Å². The van der Waals surface area contributed by atoms with Gasteiger partial charge in [0.05, 0.1) is 5.75 Å². The molecule has 2 rings (SSSR count). The molecule has 2 N–H and O–H groups in total. The lowest BCUT2D eigenvalue weighted by Gasteiger charge is -2.23. The summed E-state index contributed by atoms with van der Waals surface area (Å²) in [6, 6.07) is 4.80. The Morgan fingerprint density at radius 2 is 1.97 bits per heavy atom. The number of thioether (sulfide) groups is 1. The molecule has 1 heterocycles. The maximum Gasteiger partial charge on any atom is 0.408 e. The Labute approximate surface area is 185 Å². The molecule has 164 valence electrons. The molecule has 0 spiro atoms. The van der Waals surface area contributed by atoms with Crippen LogP contribution in [0.15, 0.2) is 27.8 Å². The molecule has 1 aromatic heterocycles. The van der Waals surface area contributed by atoms with E-state index in [1.54, 1.807) is 39.0 Å². The van der Waals surface area contributed by atoms with Crippen molar-refractivity contribution in [3.05, 3.63) is 34.7 Å². The van der Waals surface area contributed by atoms with Gasteiger partial charge in [-0.1, -0.05) is 43.3 Å². The molecular weight excluding hydrogens is 428 g/mol. The number of alkyl carbamates (subject to hydrolysis) is 1. The SMILES string of the molecule is Cc1c(Cl)cccc1NC(=O)CSc1nnc(C(NC(=O)OC(C)(C)C)C(C)C)o1. The fraction of sp³-hybridized carbons (Fsp3) is 0.500. The molecule has 1 aromatic carbocycles. The highest BCUT2D eigenvalue weighted by Crippen LogP contribution is 2.26. The van der Waals surface area contributed by atoms with Crippen molar-refractivity contribution >= 4 is 41.1 Å². The largest absolute Gasteiger partial charge is 0.444 e. The van der Waals surface area contributed by atoms with Gasteiger partial charge in [-0.2, -0.15) is 0 Å². The number of carbonyl (C=O) groups excluding carboxylic acids is 2. The van der Waals surface area contributed by atoms with Crippen molar-refractivity contribution in [1.29, 1.82) is 0 Å². The zero-order valence-corrected chi connectivity index (χ0v) is 19.5. The Morgan fingerprint density at radius 1 is 1.27 bits per heavy atom. The molecule has 10 heteroatoms. The number of carbonyl (C=O) groups is 2. The number of nitrogens with one attached hydrogen (secondary N) is 2. The monoisotopic (exact) mass is 454 g/mol. The van der Waals surface area contributed by atoms with E-state index in [1.807, 2.05) is 20.8 Å². The Kier molecular flexibility index (Phi) is 8.14. The molecular formula is C20H27ClN4O4S. The summed E-state index contributed by atoms with van der Waals surface area (Å²) in [4.78, 5) is 24.3. The molecule has 0 radical (unpaired) electrons. The first-order valence-corrected chi connectivity index (χ1v) is 10.8. The molecule has 1 unspecified atom stereocenters. The number of benzene rings is 1. The van der Waals surface area contributed by atoms with Gasteiger partial charge in [0, 0.05) is 10.7 Å². The van der Waals surface area contributed by atoms with Crippen LogP contribution in [-0.2, 0) is 9.53 Å². The highest BCUT2D eigenvalue weighted by atomic mass is 35.5. The number of hydrogen-bond donors (Lipinski definition) is 2. The van der Waals surface area contributed by atoms with E-state index in [2.05, 4.69) is 20.8 Å². The molecule has 30 heavy (non-hydrogen) atoms. The summed E-state index contributed by atoms with van der Waals surface area (Å²) < 4.78 is 10.9. The van der Waals surface area contributed by atoms with Crippen molar-refractivity contribution in [1.82, 2.24) is 15.5 Å². The molecule has 0 aliphatic heterocycles. The standard InChI is InChI=1S/C20H27ClN4O4S/c1-11(2)16(23-18(27)29-20(4,5)6)17-24-25-19(28-17)30-10-15(26)22-14-9-7-8-13(21)12(14)3/h7-9,11,16H,10H2,1-6H3,(H,22,26)(H,23,27). The molecule has 0 aliphatic carbocycles. The van der Waals surface area contributed by atoms with E-state index in [0.717, 1.165) is 17.3 Å². The number of rotatable bonds is 7. The lowest BCUT2D eigenvalue weighted by atomic mass is 10.1. The topological polar surface area (TPSA) is 106 Å². The third-order valence-corrected chi connectivity index (χ3v) is 5.12. The fourth-order valence-corrected chi connectivity index (χ4v) is 3.15. The normalized spacial score (nSPS) is 12.5. The van der Waals surface area contributed by atoms with Gasteiger partial charge in [0.2, 0.25) is 11.8 Å². The van der Waals surface area contributed by atoms with Crippen molar-refractivity contribution in [2.24, 2.45) is 5.92 Å². The first-order chi connectivity index (χ1) is 14.0. The van der Waals surface area contributed by atoms with Gasteiger partial charge in [-0.15, -0.1) is 10.2 Å². The molecule has 0 aliphatic rings. The minimum absolute atomic E-state index is 0.00933. The zero-order chi connectivity index (χ0) is 22.5. The Bertz CT molecular complexity index is 895. The van der Waals surface area contributed by atoms with Gasteiger partial charge in [0.15, 0.2) is 0 Å². The summed E-state index contributed by atoms with van der Waals surface area (Å²) in [6.45, 7) is 11.0. The van der Waals surface area contributed by atoms with Crippen LogP contribution in [0.5, 0.6) is 0 Å². The van der Waals surface area contributed by atoms with Gasteiger partial charge in [-0.3, -0.25) is 4.79 Å². The molecule has 2 aromatic rings. The summed E-state index contributed by atoms with van der Waals surface area (Å²) in [5, 5.41) is 14.4. The second-order valence-corrected chi connectivity index (χ2v) is 9.36. The van der Waals surface area contributed by atoms with E-state index in [1.165, 1.54) is 0 Å². The smallest absolute Gasteiger partial charge is 0.408 e. The summed E-state index contributed by atoms with van der Waals surface area (Å²) in [5.74, 6) is 0.103. The zero-order valence-electron chi connectivity index (χ0n) is 17.9. The predicted octanol–water partition coefficient (Wildman–Crippen LogP) is 4.98. The van der Waals surface area contributed by atoms with E-state index in [-0.39, 0.29) is 28.7 Å². The molecule has 0 saturated heterocycles. The summed E-state index contributed by atoms with van der Waals surface area (Å²) in [5.41, 5.74) is 0.835. The van der Waals surface area contributed by atoms with E-state index >= 15 is 0 Å². The lowest BCUT2D eigenvalue weighted by molar-refractivity contribution is -0.113. The average Bonchev–Trinajstić information content (AvgIpc) is 3.09. The van der Waals surface area contributed by atoms with Crippen molar-refractivity contribution < 1.29 is 18.7 Å². The third-order valence-electron chi connectivity index (χ3n) is 3.90. The first-order valence-electron chi connectivity index (χ1n) is 9.47. The van der Waals surface area contributed by atoms with Gasteiger partial charge < -0.3 is 19.8 Å². The van der Waals surface area contributed by atoms with Gasteiger partial charge in [-0.05, 0) is 51.3 Å². The lowest BCUT2D eigenvalue weighted by Crippen LogP contribution is -2.37. The molecule has 1 atom stereocenters.